The number of nitrogens with two attached hydrogens (primary N) is 1. The molecule has 96 valence electrons. The van der Waals surface area contributed by atoms with Crippen molar-refractivity contribution >= 4 is 0 Å². The van der Waals surface area contributed by atoms with Crippen molar-refractivity contribution in [3.05, 3.63) is 47.8 Å². The molecule has 1 saturated carbocycles. The molecular formula is C14H18N2O2. The molecule has 2 aromatic rings. The molecule has 0 aromatic carbocycles. The molecule has 1 fully saturated rings. The van der Waals surface area contributed by atoms with E-state index in [0.717, 1.165) is 24.6 Å². The van der Waals surface area contributed by atoms with Crippen LogP contribution in [0.3, 0.4) is 0 Å². The second-order valence-corrected chi connectivity index (χ2v) is 4.79. The summed E-state index contributed by atoms with van der Waals surface area (Å²) in [5.41, 5.74) is 6.86. The molecule has 2 aromatic heterocycles. The Morgan fingerprint density at radius 3 is 2.72 bits per heavy atom. The lowest BCUT2D eigenvalue weighted by molar-refractivity contribution is 0.223. The second-order valence-electron chi connectivity index (χ2n) is 4.79. The molecule has 0 aliphatic heterocycles. The Morgan fingerprint density at radius 2 is 2.06 bits per heavy atom. The van der Waals surface area contributed by atoms with Crippen LogP contribution in [-0.2, 0) is 19.6 Å². The predicted octanol–water partition coefficient (Wildman–Crippen LogP) is 2.50. The molecule has 3 rings (SSSR count). The summed E-state index contributed by atoms with van der Waals surface area (Å²) in [6.45, 7) is 2.20. The van der Waals surface area contributed by atoms with E-state index in [1.165, 1.54) is 18.4 Å². The lowest BCUT2D eigenvalue weighted by Gasteiger charge is -2.20. The summed E-state index contributed by atoms with van der Waals surface area (Å²) in [7, 11) is 0. The molecule has 4 nitrogen and oxygen atoms in total. The maximum absolute atomic E-state index is 5.67. The zero-order chi connectivity index (χ0) is 12.4. The van der Waals surface area contributed by atoms with Gasteiger partial charge in [-0.25, -0.2) is 0 Å². The van der Waals surface area contributed by atoms with Crippen LogP contribution < -0.4 is 5.73 Å². The Balaban J connectivity index is 1.70. The highest BCUT2D eigenvalue weighted by molar-refractivity contribution is 5.17. The third-order valence-corrected chi connectivity index (χ3v) is 3.40. The van der Waals surface area contributed by atoms with E-state index in [1.54, 1.807) is 12.5 Å². The van der Waals surface area contributed by atoms with Crippen molar-refractivity contribution in [1.82, 2.24) is 4.90 Å². The zero-order valence-corrected chi connectivity index (χ0v) is 10.3. The molecular weight excluding hydrogens is 228 g/mol. The first kappa shape index (κ1) is 11.6. The van der Waals surface area contributed by atoms with Crippen LogP contribution in [0.2, 0.25) is 0 Å². The minimum absolute atomic E-state index is 0.460. The molecule has 0 bridgehead atoms. The fraction of sp³-hybridized carbons (Fsp3) is 0.429. The van der Waals surface area contributed by atoms with Crippen LogP contribution in [0.1, 0.15) is 29.9 Å². The fourth-order valence-electron chi connectivity index (χ4n) is 2.26. The molecule has 0 atom stereocenters. The van der Waals surface area contributed by atoms with E-state index in [1.807, 2.05) is 18.2 Å². The molecule has 0 saturated heterocycles. The smallest absolute Gasteiger partial charge is 0.121 e. The first-order valence-electron chi connectivity index (χ1n) is 6.38. The van der Waals surface area contributed by atoms with Crippen LogP contribution in [0.4, 0.5) is 0 Å². The van der Waals surface area contributed by atoms with Gasteiger partial charge in [0.2, 0.25) is 0 Å². The van der Waals surface area contributed by atoms with Crippen molar-refractivity contribution < 1.29 is 8.83 Å². The summed E-state index contributed by atoms with van der Waals surface area (Å²) in [5, 5.41) is 0. The van der Waals surface area contributed by atoms with Crippen LogP contribution in [-0.4, -0.2) is 10.9 Å². The average Bonchev–Trinajstić information content (AvgIpc) is 2.92. The van der Waals surface area contributed by atoms with E-state index in [4.69, 9.17) is 14.6 Å². The van der Waals surface area contributed by atoms with Gasteiger partial charge in [-0.2, -0.15) is 0 Å². The van der Waals surface area contributed by atoms with Crippen molar-refractivity contribution in [3.63, 3.8) is 0 Å². The normalized spacial score (nSPS) is 15.4. The Morgan fingerprint density at radius 1 is 1.17 bits per heavy atom. The van der Waals surface area contributed by atoms with Crippen LogP contribution in [0.5, 0.6) is 0 Å². The quantitative estimate of drug-likeness (QED) is 0.850. The highest BCUT2D eigenvalue weighted by Gasteiger charge is 2.30. The van der Waals surface area contributed by atoms with E-state index in [0.29, 0.717) is 12.6 Å². The van der Waals surface area contributed by atoms with E-state index in [-0.39, 0.29) is 0 Å². The van der Waals surface area contributed by atoms with Crippen LogP contribution in [0.15, 0.2) is 39.6 Å². The van der Waals surface area contributed by atoms with Crippen molar-refractivity contribution in [1.29, 1.82) is 0 Å². The predicted molar refractivity (Wildman–Crippen MR) is 67.6 cm³/mol. The first-order valence-corrected chi connectivity index (χ1v) is 6.38. The summed E-state index contributed by atoms with van der Waals surface area (Å²) in [4.78, 5) is 2.43. The summed E-state index contributed by atoms with van der Waals surface area (Å²) in [6.07, 6.45) is 5.99. The second kappa shape index (κ2) is 5.00. The van der Waals surface area contributed by atoms with Crippen molar-refractivity contribution in [2.75, 3.05) is 0 Å². The van der Waals surface area contributed by atoms with Crippen molar-refractivity contribution in [2.45, 2.75) is 38.5 Å². The van der Waals surface area contributed by atoms with Gasteiger partial charge in [-0.1, -0.05) is 0 Å². The lowest BCUT2D eigenvalue weighted by Crippen LogP contribution is -2.25. The number of furan rings is 2. The average molecular weight is 246 g/mol. The van der Waals surface area contributed by atoms with Gasteiger partial charge in [0.1, 0.15) is 11.5 Å². The van der Waals surface area contributed by atoms with Gasteiger partial charge in [0.05, 0.1) is 25.6 Å². The maximum Gasteiger partial charge on any atom is 0.121 e. The monoisotopic (exact) mass is 246 g/mol. The number of nitrogens with zero attached hydrogens (tertiary/aromatic N) is 1. The highest BCUT2D eigenvalue weighted by Crippen LogP contribution is 2.30. The lowest BCUT2D eigenvalue weighted by atomic mass is 10.2. The summed E-state index contributed by atoms with van der Waals surface area (Å²) < 4.78 is 10.8. The SMILES string of the molecule is NCc1occc1CN(Cc1ccco1)C1CC1. The van der Waals surface area contributed by atoms with Crippen molar-refractivity contribution in [2.24, 2.45) is 5.73 Å². The topological polar surface area (TPSA) is 55.5 Å². The van der Waals surface area contributed by atoms with Gasteiger partial charge in [-0.15, -0.1) is 0 Å². The van der Waals surface area contributed by atoms with Crippen LogP contribution >= 0.6 is 0 Å². The molecule has 2 heterocycles. The van der Waals surface area contributed by atoms with Gasteiger partial charge in [-0.05, 0) is 31.0 Å². The standard InChI is InChI=1S/C14H18N2O2/c15-8-14-11(5-7-18-14)9-16(12-3-4-12)10-13-2-1-6-17-13/h1-2,5-7,12H,3-4,8-10,15H2. The van der Waals surface area contributed by atoms with Crippen LogP contribution in [0.25, 0.3) is 0 Å². The third kappa shape index (κ3) is 2.49. The molecule has 1 aliphatic carbocycles. The Labute approximate surface area is 106 Å². The van der Waals surface area contributed by atoms with E-state index in [9.17, 15) is 0 Å². The minimum atomic E-state index is 0.460. The number of hydrogen-bond donors (Lipinski definition) is 1. The van der Waals surface area contributed by atoms with Crippen LogP contribution in [0, 0.1) is 0 Å². The molecule has 18 heavy (non-hydrogen) atoms. The maximum atomic E-state index is 5.67. The third-order valence-electron chi connectivity index (χ3n) is 3.40. The van der Waals surface area contributed by atoms with E-state index >= 15 is 0 Å². The molecule has 0 amide bonds. The first-order chi connectivity index (χ1) is 8.86. The fourth-order valence-corrected chi connectivity index (χ4v) is 2.26. The molecule has 0 unspecified atom stereocenters. The Hall–Kier alpha value is -1.52. The summed E-state index contributed by atoms with van der Waals surface area (Å²) >= 11 is 0. The zero-order valence-electron chi connectivity index (χ0n) is 10.3. The molecule has 2 N–H and O–H groups in total. The molecule has 0 spiro atoms. The Bertz CT molecular complexity index is 486. The largest absolute Gasteiger partial charge is 0.468 e. The molecule has 0 radical (unpaired) electrons. The molecule has 4 heteroatoms. The van der Waals surface area contributed by atoms with Gasteiger partial charge >= 0.3 is 0 Å². The van der Waals surface area contributed by atoms with E-state index in [2.05, 4.69) is 4.90 Å². The highest BCUT2D eigenvalue weighted by atomic mass is 16.3. The van der Waals surface area contributed by atoms with Crippen molar-refractivity contribution in [3.8, 4) is 0 Å². The summed E-state index contributed by atoms with van der Waals surface area (Å²) in [5.74, 6) is 1.90. The van der Waals surface area contributed by atoms with Gasteiger partial charge < -0.3 is 14.6 Å². The van der Waals surface area contributed by atoms with Gasteiger partial charge in [-0.3, -0.25) is 4.90 Å². The Kier molecular flexibility index (Phi) is 3.21. The minimum Gasteiger partial charge on any atom is -0.468 e. The van der Waals surface area contributed by atoms with Gasteiger partial charge in [0.25, 0.3) is 0 Å². The number of hydrogen-bond acceptors (Lipinski definition) is 4. The summed E-state index contributed by atoms with van der Waals surface area (Å²) in [6, 6.07) is 6.65. The molecule has 1 aliphatic rings. The van der Waals surface area contributed by atoms with E-state index < -0.39 is 0 Å². The van der Waals surface area contributed by atoms with Gasteiger partial charge in [0.15, 0.2) is 0 Å². The van der Waals surface area contributed by atoms with Gasteiger partial charge in [0, 0.05) is 18.2 Å². The number of rotatable bonds is 6.